The Bertz CT molecular complexity index is 1070. The number of esters is 1. The normalized spacial score (nSPS) is 19.7. The van der Waals surface area contributed by atoms with Crippen LogP contribution in [0.15, 0.2) is 42.5 Å². The van der Waals surface area contributed by atoms with Gasteiger partial charge in [0.1, 0.15) is 6.04 Å². The van der Waals surface area contributed by atoms with Crippen molar-refractivity contribution in [2.24, 2.45) is 0 Å². The van der Waals surface area contributed by atoms with Crippen LogP contribution in [0.4, 0.5) is 21.9 Å². The number of hydrogen-bond acceptors (Lipinski definition) is 6. The predicted octanol–water partition coefficient (Wildman–Crippen LogP) is 3.33. The lowest BCUT2D eigenvalue weighted by Crippen LogP contribution is -2.45. The number of benzene rings is 2. The second-order valence-corrected chi connectivity index (χ2v) is 8.84. The van der Waals surface area contributed by atoms with Gasteiger partial charge < -0.3 is 30.3 Å². The third-order valence-corrected chi connectivity index (χ3v) is 6.31. The molecule has 2 aromatic carbocycles. The maximum absolute atomic E-state index is 13.2. The molecule has 2 heterocycles. The number of nitrogens with one attached hydrogen (secondary N) is 2. The van der Waals surface area contributed by atoms with Gasteiger partial charge in [-0.15, -0.1) is 0 Å². The number of rotatable bonds is 5. The number of amides is 3. The molecular formula is C24H27ClN4O5. The van der Waals surface area contributed by atoms with Crippen molar-refractivity contribution in [3.8, 4) is 0 Å². The van der Waals surface area contributed by atoms with Gasteiger partial charge in [-0.2, -0.15) is 0 Å². The van der Waals surface area contributed by atoms with Gasteiger partial charge >= 0.3 is 12.0 Å². The number of methoxy groups -OCH3 is 1. The summed E-state index contributed by atoms with van der Waals surface area (Å²) in [6.07, 6.45) is 1.35. The first-order valence-electron chi connectivity index (χ1n) is 11.1. The van der Waals surface area contributed by atoms with Gasteiger partial charge in [0.15, 0.2) is 0 Å². The number of halogens is 1. The van der Waals surface area contributed by atoms with Gasteiger partial charge in [0.25, 0.3) is 0 Å². The van der Waals surface area contributed by atoms with Gasteiger partial charge in [0, 0.05) is 36.8 Å². The second kappa shape index (κ2) is 10.3. The lowest BCUT2D eigenvalue weighted by molar-refractivity contribution is -0.119. The highest BCUT2D eigenvalue weighted by Crippen LogP contribution is 2.31. The van der Waals surface area contributed by atoms with Crippen LogP contribution in [-0.2, 0) is 9.53 Å². The molecule has 0 spiro atoms. The first-order chi connectivity index (χ1) is 16.4. The molecule has 34 heavy (non-hydrogen) atoms. The van der Waals surface area contributed by atoms with Crippen LogP contribution in [0.1, 0.15) is 29.6 Å². The molecule has 2 aliphatic rings. The van der Waals surface area contributed by atoms with Gasteiger partial charge in [0.05, 0.1) is 30.2 Å². The Morgan fingerprint density at radius 1 is 1.06 bits per heavy atom. The number of hydrogen-bond donors (Lipinski definition) is 3. The summed E-state index contributed by atoms with van der Waals surface area (Å²) in [7, 11) is 1.32. The van der Waals surface area contributed by atoms with E-state index in [9.17, 15) is 19.5 Å². The minimum Gasteiger partial charge on any atom is -0.465 e. The average Bonchev–Trinajstić information content (AvgIpc) is 3.50. The Labute approximate surface area is 202 Å². The SMILES string of the molecule is COC(=O)c1ccc(NC(=O)C2CC(O)CN2C(=O)Nc2ccc(Cl)cc2)c(N2CCCC2)c1. The van der Waals surface area contributed by atoms with Crippen molar-refractivity contribution in [2.45, 2.75) is 31.4 Å². The van der Waals surface area contributed by atoms with Crippen LogP contribution < -0.4 is 15.5 Å². The zero-order valence-electron chi connectivity index (χ0n) is 18.8. The summed E-state index contributed by atoms with van der Waals surface area (Å²) in [5, 5.41) is 16.4. The summed E-state index contributed by atoms with van der Waals surface area (Å²) < 4.78 is 4.83. The van der Waals surface area contributed by atoms with Gasteiger partial charge in [-0.1, -0.05) is 11.6 Å². The standard InChI is InChI=1S/C24H27ClN4O5/c1-34-23(32)15-4-9-19(20(12-15)28-10-2-3-11-28)27-22(31)21-13-18(30)14-29(21)24(33)26-17-7-5-16(25)6-8-17/h4-9,12,18,21,30H,2-3,10-11,13-14H2,1H3,(H,26,33)(H,27,31). The molecule has 9 nitrogen and oxygen atoms in total. The van der Waals surface area contributed by atoms with E-state index in [1.807, 2.05) is 0 Å². The third kappa shape index (κ3) is 5.26. The van der Waals surface area contributed by atoms with E-state index in [0.717, 1.165) is 31.6 Å². The zero-order chi connectivity index (χ0) is 24.2. The number of anilines is 3. The highest BCUT2D eigenvalue weighted by molar-refractivity contribution is 6.30. The highest BCUT2D eigenvalue weighted by Gasteiger charge is 2.39. The van der Waals surface area contributed by atoms with E-state index in [4.69, 9.17) is 16.3 Å². The van der Waals surface area contributed by atoms with Crippen LogP contribution in [0.25, 0.3) is 0 Å². The lowest BCUT2D eigenvalue weighted by Gasteiger charge is -2.26. The predicted molar refractivity (Wildman–Crippen MR) is 129 cm³/mol. The molecule has 2 fully saturated rings. The molecule has 3 N–H and O–H groups in total. The highest BCUT2D eigenvalue weighted by atomic mass is 35.5. The van der Waals surface area contributed by atoms with Crippen LogP contribution in [0, 0.1) is 0 Å². The van der Waals surface area contributed by atoms with Crippen LogP contribution in [0.5, 0.6) is 0 Å². The Hall–Kier alpha value is -3.30. The molecule has 0 radical (unpaired) electrons. The van der Waals surface area contributed by atoms with E-state index in [1.165, 1.54) is 12.0 Å². The molecule has 2 saturated heterocycles. The minimum absolute atomic E-state index is 0.0395. The van der Waals surface area contributed by atoms with E-state index in [-0.39, 0.29) is 13.0 Å². The molecule has 2 unspecified atom stereocenters. The van der Waals surface area contributed by atoms with E-state index in [0.29, 0.717) is 22.0 Å². The van der Waals surface area contributed by atoms with Gasteiger partial charge in [-0.3, -0.25) is 4.79 Å². The third-order valence-electron chi connectivity index (χ3n) is 6.06. The Balaban J connectivity index is 1.52. The lowest BCUT2D eigenvalue weighted by atomic mass is 10.1. The number of likely N-dealkylation sites (tertiary alicyclic amines) is 1. The van der Waals surface area contributed by atoms with E-state index in [1.54, 1.807) is 42.5 Å². The van der Waals surface area contributed by atoms with Gasteiger partial charge in [-0.25, -0.2) is 9.59 Å². The molecule has 2 aliphatic heterocycles. The molecule has 2 atom stereocenters. The van der Waals surface area contributed by atoms with Crippen molar-refractivity contribution in [2.75, 3.05) is 42.3 Å². The Morgan fingerprint density at radius 2 is 1.76 bits per heavy atom. The summed E-state index contributed by atoms with van der Waals surface area (Å²) in [6, 6.07) is 10.3. The van der Waals surface area contributed by atoms with Crippen molar-refractivity contribution in [3.05, 3.63) is 53.1 Å². The monoisotopic (exact) mass is 486 g/mol. The maximum atomic E-state index is 13.2. The summed E-state index contributed by atoms with van der Waals surface area (Å²) in [4.78, 5) is 41.6. The maximum Gasteiger partial charge on any atom is 0.337 e. The minimum atomic E-state index is -0.853. The second-order valence-electron chi connectivity index (χ2n) is 8.40. The number of ether oxygens (including phenoxy) is 1. The molecule has 2 aromatic rings. The quantitative estimate of drug-likeness (QED) is 0.559. The zero-order valence-corrected chi connectivity index (χ0v) is 19.5. The van der Waals surface area contributed by atoms with E-state index < -0.39 is 30.1 Å². The number of urea groups is 1. The van der Waals surface area contributed by atoms with Crippen molar-refractivity contribution < 1.29 is 24.2 Å². The largest absolute Gasteiger partial charge is 0.465 e. The molecule has 0 bridgehead atoms. The fourth-order valence-electron chi connectivity index (χ4n) is 4.33. The molecule has 4 rings (SSSR count). The summed E-state index contributed by atoms with van der Waals surface area (Å²) in [5.74, 6) is -0.864. The summed E-state index contributed by atoms with van der Waals surface area (Å²) in [6.45, 7) is 1.66. The van der Waals surface area contributed by atoms with Gasteiger partial charge in [0.2, 0.25) is 5.91 Å². The fraction of sp³-hybridized carbons (Fsp3) is 0.375. The first kappa shape index (κ1) is 23.8. The molecule has 0 saturated carbocycles. The Morgan fingerprint density at radius 3 is 2.44 bits per heavy atom. The number of nitrogens with zero attached hydrogens (tertiary/aromatic N) is 2. The molecule has 0 aliphatic carbocycles. The fourth-order valence-corrected chi connectivity index (χ4v) is 4.46. The van der Waals surface area contributed by atoms with Crippen LogP contribution in [0.2, 0.25) is 5.02 Å². The average molecular weight is 487 g/mol. The molecule has 180 valence electrons. The topological polar surface area (TPSA) is 111 Å². The number of carbonyl (C=O) groups is 3. The molecule has 10 heteroatoms. The van der Waals surface area contributed by atoms with Crippen molar-refractivity contribution >= 4 is 46.6 Å². The molecule has 3 amide bonds. The molecule has 0 aromatic heterocycles. The molecular weight excluding hydrogens is 460 g/mol. The number of aliphatic hydroxyl groups is 1. The van der Waals surface area contributed by atoms with Crippen LogP contribution in [0.3, 0.4) is 0 Å². The summed E-state index contributed by atoms with van der Waals surface area (Å²) >= 11 is 5.89. The summed E-state index contributed by atoms with van der Waals surface area (Å²) in [5.41, 5.74) is 2.19. The van der Waals surface area contributed by atoms with Crippen molar-refractivity contribution in [3.63, 3.8) is 0 Å². The van der Waals surface area contributed by atoms with E-state index >= 15 is 0 Å². The number of aliphatic hydroxyl groups excluding tert-OH is 1. The van der Waals surface area contributed by atoms with Crippen molar-refractivity contribution in [1.29, 1.82) is 0 Å². The Kier molecular flexibility index (Phi) is 7.23. The van der Waals surface area contributed by atoms with Crippen molar-refractivity contribution in [1.82, 2.24) is 4.90 Å². The number of β-amino-alcohol motifs (C(OH)–C–C–N with tert-alkyl or cyclic N) is 1. The van der Waals surface area contributed by atoms with Crippen LogP contribution >= 0.6 is 11.6 Å². The smallest absolute Gasteiger partial charge is 0.337 e. The van der Waals surface area contributed by atoms with Gasteiger partial charge in [-0.05, 0) is 55.3 Å². The van der Waals surface area contributed by atoms with Crippen LogP contribution in [-0.4, -0.2) is 66.8 Å². The first-order valence-corrected chi connectivity index (χ1v) is 11.5. The van der Waals surface area contributed by atoms with E-state index in [2.05, 4.69) is 15.5 Å². The number of carbonyl (C=O) groups excluding carboxylic acids is 3.